The number of hydrogen-bond acceptors (Lipinski definition) is 3. The Hall–Kier alpha value is -1.10. The van der Waals surface area contributed by atoms with E-state index in [9.17, 15) is 4.79 Å². The maximum absolute atomic E-state index is 12.4. The summed E-state index contributed by atoms with van der Waals surface area (Å²) in [6.45, 7) is 6.05. The molecule has 1 amide bonds. The summed E-state index contributed by atoms with van der Waals surface area (Å²) < 4.78 is 5.42. The molecule has 1 fully saturated rings. The largest absolute Gasteiger partial charge is 0.381 e. The molecular weight excluding hydrogens is 288 g/mol. The van der Waals surface area contributed by atoms with Gasteiger partial charge in [-0.3, -0.25) is 4.79 Å². The van der Waals surface area contributed by atoms with Crippen LogP contribution >= 0.6 is 12.4 Å². The summed E-state index contributed by atoms with van der Waals surface area (Å²) in [7, 11) is 1.73. The van der Waals surface area contributed by atoms with Crippen molar-refractivity contribution in [2.24, 2.45) is 5.41 Å². The predicted molar refractivity (Wildman–Crippen MR) is 84.7 cm³/mol. The van der Waals surface area contributed by atoms with Crippen LogP contribution in [0.25, 0.3) is 0 Å². The maximum atomic E-state index is 12.4. The predicted octanol–water partition coefficient (Wildman–Crippen LogP) is 2.25. The van der Waals surface area contributed by atoms with Gasteiger partial charge in [-0.2, -0.15) is 0 Å². The van der Waals surface area contributed by atoms with Crippen molar-refractivity contribution in [3.8, 4) is 0 Å². The molecule has 1 heterocycles. The summed E-state index contributed by atoms with van der Waals surface area (Å²) >= 11 is 0. The summed E-state index contributed by atoms with van der Waals surface area (Å²) in [5.41, 5.74) is 3.29. The van der Waals surface area contributed by atoms with E-state index in [0.717, 1.165) is 25.1 Å². The number of carbonyl (C=O) groups excluding carboxylic acids is 1. The minimum atomic E-state index is 0. The lowest BCUT2D eigenvalue weighted by Crippen LogP contribution is -2.61. The SMILES string of the molecule is COC1CC(NC(=O)c2ccc3c(c2)CNC3)C1(C)C.Cl. The first-order chi connectivity index (χ1) is 9.52. The molecule has 0 aromatic heterocycles. The fourth-order valence-electron chi connectivity index (χ4n) is 3.21. The molecule has 1 aliphatic heterocycles. The van der Waals surface area contributed by atoms with Gasteiger partial charge in [0.25, 0.3) is 5.91 Å². The first-order valence-electron chi connectivity index (χ1n) is 7.18. The van der Waals surface area contributed by atoms with Gasteiger partial charge in [0.1, 0.15) is 0 Å². The van der Waals surface area contributed by atoms with Gasteiger partial charge in [-0.15, -0.1) is 12.4 Å². The van der Waals surface area contributed by atoms with Crippen LogP contribution in [0.2, 0.25) is 0 Å². The third-order valence-electron chi connectivity index (χ3n) is 4.87. The zero-order valence-corrected chi connectivity index (χ0v) is 13.5. The minimum absolute atomic E-state index is 0. The summed E-state index contributed by atoms with van der Waals surface area (Å²) in [6.07, 6.45) is 1.12. The summed E-state index contributed by atoms with van der Waals surface area (Å²) in [5, 5.41) is 6.43. The molecule has 0 saturated heterocycles. The van der Waals surface area contributed by atoms with Crippen molar-refractivity contribution in [2.45, 2.75) is 45.5 Å². The van der Waals surface area contributed by atoms with E-state index in [2.05, 4.69) is 24.5 Å². The lowest BCUT2D eigenvalue weighted by Gasteiger charge is -2.51. The highest BCUT2D eigenvalue weighted by Crippen LogP contribution is 2.42. The molecule has 0 radical (unpaired) electrons. The second-order valence-electron chi connectivity index (χ2n) is 6.39. The number of fused-ring (bicyclic) bond motifs is 1. The standard InChI is InChI=1S/C16H22N2O2.ClH/c1-16(2)13(7-14(16)20-3)18-15(19)10-4-5-11-8-17-9-12(11)6-10;/h4-6,13-14,17H,7-9H2,1-3H3,(H,18,19);1H. The zero-order chi connectivity index (χ0) is 14.3. The van der Waals surface area contributed by atoms with E-state index in [1.807, 2.05) is 18.2 Å². The minimum Gasteiger partial charge on any atom is -0.381 e. The number of carbonyl (C=O) groups is 1. The molecular formula is C16H23ClN2O2. The van der Waals surface area contributed by atoms with Crippen molar-refractivity contribution in [3.63, 3.8) is 0 Å². The number of methoxy groups -OCH3 is 1. The molecule has 1 aromatic carbocycles. The van der Waals surface area contributed by atoms with Crippen molar-refractivity contribution in [3.05, 3.63) is 34.9 Å². The second kappa shape index (κ2) is 5.95. The quantitative estimate of drug-likeness (QED) is 0.900. The number of benzene rings is 1. The lowest BCUT2D eigenvalue weighted by molar-refractivity contribution is -0.0942. The highest BCUT2D eigenvalue weighted by molar-refractivity contribution is 5.94. The molecule has 5 heteroatoms. The molecule has 1 aromatic rings. The maximum Gasteiger partial charge on any atom is 0.251 e. The average Bonchev–Trinajstić information content (AvgIpc) is 2.89. The van der Waals surface area contributed by atoms with Crippen LogP contribution in [0.3, 0.4) is 0 Å². The fourth-order valence-corrected chi connectivity index (χ4v) is 3.21. The monoisotopic (exact) mass is 310 g/mol. The molecule has 2 unspecified atom stereocenters. The Bertz CT molecular complexity index is 545. The van der Waals surface area contributed by atoms with Gasteiger partial charge in [0.2, 0.25) is 0 Å². The topological polar surface area (TPSA) is 50.4 Å². The Morgan fingerprint density at radius 2 is 2.05 bits per heavy atom. The van der Waals surface area contributed by atoms with Crippen LogP contribution in [0.1, 0.15) is 41.8 Å². The van der Waals surface area contributed by atoms with Gasteiger partial charge in [-0.1, -0.05) is 19.9 Å². The number of nitrogens with one attached hydrogen (secondary N) is 2. The second-order valence-corrected chi connectivity index (χ2v) is 6.39. The van der Waals surface area contributed by atoms with Crippen molar-refractivity contribution >= 4 is 18.3 Å². The summed E-state index contributed by atoms with van der Waals surface area (Å²) in [5.74, 6) is 0.0207. The fraction of sp³-hybridized carbons (Fsp3) is 0.562. The molecule has 2 N–H and O–H groups in total. The van der Waals surface area contributed by atoms with E-state index in [0.29, 0.717) is 0 Å². The smallest absolute Gasteiger partial charge is 0.251 e. The number of halogens is 1. The molecule has 1 saturated carbocycles. The van der Waals surface area contributed by atoms with Gasteiger partial charge in [0.15, 0.2) is 0 Å². The molecule has 2 atom stereocenters. The highest BCUT2D eigenvalue weighted by atomic mass is 35.5. The number of hydrogen-bond donors (Lipinski definition) is 2. The van der Waals surface area contributed by atoms with Gasteiger partial charge in [0, 0.05) is 37.2 Å². The Kier molecular flexibility index (Phi) is 4.61. The summed E-state index contributed by atoms with van der Waals surface area (Å²) in [4.78, 5) is 12.4. The molecule has 21 heavy (non-hydrogen) atoms. The van der Waals surface area contributed by atoms with Crippen LogP contribution in [0.4, 0.5) is 0 Å². The van der Waals surface area contributed by atoms with E-state index in [1.54, 1.807) is 7.11 Å². The molecule has 116 valence electrons. The van der Waals surface area contributed by atoms with Gasteiger partial charge in [-0.25, -0.2) is 0 Å². The van der Waals surface area contributed by atoms with E-state index >= 15 is 0 Å². The van der Waals surface area contributed by atoms with Crippen molar-refractivity contribution in [2.75, 3.05) is 7.11 Å². The summed E-state index contributed by atoms with van der Waals surface area (Å²) in [6, 6.07) is 6.16. The molecule has 4 nitrogen and oxygen atoms in total. The van der Waals surface area contributed by atoms with Gasteiger partial charge < -0.3 is 15.4 Å². The van der Waals surface area contributed by atoms with E-state index in [1.165, 1.54) is 11.1 Å². The van der Waals surface area contributed by atoms with Gasteiger partial charge >= 0.3 is 0 Å². The Morgan fingerprint density at radius 1 is 1.33 bits per heavy atom. The Labute approximate surface area is 132 Å². The van der Waals surface area contributed by atoms with Crippen molar-refractivity contribution < 1.29 is 9.53 Å². The average molecular weight is 311 g/mol. The highest BCUT2D eigenvalue weighted by Gasteiger charge is 2.49. The van der Waals surface area contributed by atoms with E-state index < -0.39 is 0 Å². The van der Waals surface area contributed by atoms with Crippen molar-refractivity contribution in [1.29, 1.82) is 0 Å². The van der Waals surface area contributed by atoms with Crippen LogP contribution in [0.15, 0.2) is 18.2 Å². The first-order valence-corrected chi connectivity index (χ1v) is 7.18. The zero-order valence-electron chi connectivity index (χ0n) is 12.7. The van der Waals surface area contributed by atoms with Crippen LogP contribution < -0.4 is 10.6 Å². The van der Waals surface area contributed by atoms with E-state index in [4.69, 9.17) is 4.74 Å². The third kappa shape index (κ3) is 2.80. The molecule has 1 aliphatic carbocycles. The molecule has 2 aliphatic rings. The molecule has 3 rings (SSSR count). The number of amides is 1. The van der Waals surface area contributed by atoms with Gasteiger partial charge in [-0.05, 0) is 29.7 Å². The Balaban J connectivity index is 0.00000161. The first kappa shape index (κ1) is 16.3. The molecule has 0 spiro atoms. The van der Waals surface area contributed by atoms with Crippen molar-refractivity contribution in [1.82, 2.24) is 10.6 Å². The number of ether oxygens (including phenoxy) is 1. The Morgan fingerprint density at radius 3 is 2.71 bits per heavy atom. The normalized spacial score (nSPS) is 25.5. The van der Waals surface area contributed by atoms with Crippen LogP contribution in [0.5, 0.6) is 0 Å². The number of rotatable bonds is 3. The van der Waals surface area contributed by atoms with Crippen LogP contribution in [0, 0.1) is 5.41 Å². The van der Waals surface area contributed by atoms with Gasteiger partial charge in [0.05, 0.1) is 6.10 Å². The van der Waals surface area contributed by atoms with Crippen LogP contribution in [-0.4, -0.2) is 25.2 Å². The molecule has 0 bridgehead atoms. The lowest BCUT2D eigenvalue weighted by atomic mass is 9.64. The van der Waals surface area contributed by atoms with Crippen LogP contribution in [-0.2, 0) is 17.8 Å². The third-order valence-corrected chi connectivity index (χ3v) is 4.87. The van der Waals surface area contributed by atoms with E-state index in [-0.39, 0.29) is 35.9 Å².